The zero-order valence-corrected chi connectivity index (χ0v) is 11.7. The molecule has 2 aliphatic rings. The number of ether oxygens (including phenoxy) is 1. The fraction of sp³-hybridized carbons (Fsp3) is 0.500. The zero-order chi connectivity index (χ0) is 12.5. The van der Waals surface area contributed by atoms with E-state index in [2.05, 4.69) is 21.2 Å². The van der Waals surface area contributed by atoms with E-state index in [1.54, 1.807) is 0 Å². The maximum atomic E-state index is 12.1. The highest BCUT2D eigenvalue weighted by Crippen LogP contribution is 2.31. The van der Waals surface area contributed by atoms with Gasteiger partial charge in [0.1, 0.15) is 5.75 Å². The van der Waals surface area contributed by atoms with Gasteiger partial charge in [0.2, 0.25) is 0 Å². The first-order valence-electron chi connectivity index (χ1n) is 6.45. The molecular formula is C14H16BrNO2. The average molecular weight is 310 g/mol. The monoisotopic (exact) mass is 309 g/mol. The first kappa shape index (κ1) is 12.0. The van der Waals surface area contributed by atoms with Crippen LogP contribution in [0.3, 0.4) is 0 Å². The Morgan fingerprint density at radius 1 is 1.33 bits per heavy atom. The van der Waals surface area contributed by atoms with E-state index in [0.717, 1.165) is 23.9 Å². The lowest BCUT2D eigenvalue weighted by Gasteiger charge is -2.11. The van der Waals surface area contributed by atoms with Crippen LogP contribution in [-0.2, 0) is 0 Å². The molecule has 1 aromatic rings. The quantitative estimate of drug-likeness (QED) is 0.907. The minimum Gasteiger partial charge on any atom is -0.492 e. The topological polar surface area (TPSA) is 38.3 Å². The molecule has 1 N–H and O–H groups in total. The number of rotatable bonds is 5. The second-order valence-electron chi connectivity index (χ2n) is 5.14. The Kier molecular flexibility index (Phi) is 3.29. The number of carbonyl (C=O) groups is 1. The van der Waals surface area contributed by atoms with Crippen molar-refractivity contribution in [3.05, 3.63) is 28.2 Å². The van der Waals surface area contributed by atoms with E-state index >= 15 is 0 Å². The van der Waals surface area contributed by atoms with Crippen molar-refractivity contribution in [1.29, 1.82) is 0 Å². The molecule has 0 spiro atoms. The van der Waals surface area contributed by atoms with Crippen molar-refractivity contribution in [1.82, 2.24) is 5.32 Å². The molecule has 96 valence electrons. The standard InChI is InChI=1S/C14H16BrNO2/c15-10-3-6-13(18-8-9-1-2-9)12(7-10)14(17)16-11-4-5-11/h3,6-7,9,11H,1-2,4-5,8H2,(H,16,17). The van der Waals surface area contributed by atoms with Crippen molar-refractivity contribution >= 4 is 21.8 Å². The van der Waals surface area contributed by atoms with Gasteiger partial charge in [0.25, 0.3) is 5.91 Å². The molecule has 4 heteroatoms. The van der Waals surface area contributed by atoms with E-state index < -0.39 is 0 Å². The van der Waals surface area contributed by atoms with Crippen molar-refractivity contribution in [2.24, 2.45) is 5.92 Å². The van der Waals surface area contributed by atoms with Crippen LogP contribution in [-0.4, -0.2) is 18.6 Å². The van der Waals surface area contributed by atoms with Gasteiger partial charge in [0.15, 0.2) is 0 Å². The summed E-state index contributed by atoms with van der Waals surface area (Å²) < 4.78 is 6.66. The second kappa shape index (κ2) is 4.92. The van der Waals surface area contributed by atoms with Crippen molar-refractivity contribution in [3.63, 3.8) is 0 Å². The summed E-state index contributed by atoms with van der Waals surface area (Å²) in [6.07, 6.45) is 4.69. The summed E-state index contributed by atoms with van der Waals surface area (Å²) in [4.78, 5) is 12.1. The summed E-state index contributed by atoms with van der Waals surface area (Å²) in [5, 5.41) is 3.00. The Bertz CT molecular complexity index is 467. The third-order valence-corrected chi connectivity index (χ3v) is 3.76. The van der Waals surface area contributed by atoms with Gasteiger partial charge in [-0.1, -0.05) is 15.9 Å². The lowest BCUT2D eigenvalue weighted by molar-refractivity contribution is 0.0946. The van der Waals surface area contributed by atoms with Gasteiger partial charge in [-0.15, -0.1) is 0 Å². The normalized spacial score (nSPS) is 18.5. The molecule has 2 fully saturated rings. The third kappa shape index (κ3) is 3.05. The van der Waals surface area contributed by atoms with Crippen LogP contribution in [0.25, 0.3) is 0 Å². The first-order chi connectivity index (χ1) is 8.72. The minimum absolute atomic E-state index is 0.0235. The Labute approximate surface area is 115 Å². The molecule has 1 amide bonds. The number of halogens is 1. The third-order valence-electron chi connectivity index (χ3n) is 3.27. The molecule has 1 aromatic carbocycles. The Hall–Kier alpha value is -1.03. The summed E-state index contributed by atoms with van der Waals surface area (Å²) >= 11 is 3.40. The van der Waals surface area contributed by atoms with Gasteiger partial charge >= 0.3 is 0 Å². The van der Waals surface area contributed by atoms with Gasteiger partial charge in [0, 0.05) is 10.5 Å². The number of benzene rings is 1. The van der Waals surface area contributed by atoms with Gasteiger partial charge < -0.3 is 10.1 Å². The smallest absolute Gasteiger partial charge is 0.255 e. The zero-order valence-electron chi connectivity index (χ0n) is 10.1. The Morgan fingerprint density at radius 2 is 2.11 bits per heavy atom. The molecule has 18 heavy (non-hydrogen) atoms. The van der Waals surface area contributed by atoms with Gasteiger partial charge in [-0.3, -0.25) is 4.79 Å². The average Bonchev–Trinajstić information content (AvgIpc) is 3.22. The van der Waals surface area contributed by atoms with Gasteiger partial charge in [-0.2, -0.15) is 0 Å². The number of carbonyl (C=O) groups excluding carboxylic acids is 1. The summed E-state index contributed by atoms with van der Waals surface area (Å²) in [5.41, 5.74) is 0.636. The van der Waals surface area contributed by atoms with Crippen LogP contribution in [0.2, 0.25) is 0 Å². The SMILES string of the molecule is O=C(NC1CC1)c1cc(Br)ccc1OCC1CC1. The van der Waals surface area contributed by atoms with E-state index in [1.807, 2.05) is 18.2 Å². The van der Waals surface area contributed by atoms with E-state index in [9.17, 15) is 4.79 Å². The summed E-state index contributed by atoms with van der Waals surface area (Å²) in [7, 11) is 0. The highest BCUT2D eigenvalue weighted by atomic mass is 79.9. The Balaban J connectivity index is 1.74. The highest BCUT2D eigenvalue weighted by molar-refractivity contribution is 9.10. The summed E-state index contributed by atoms with van der Waals surface area (Å²) in [6.45, 7) is 0.728. The van der Waals surface area contributed by atoms with Crippen LogP contribution in [0.1, 0.15) is 36.0 Å². The van der Waals surface area contributed by atoms with E-state index in [0.29, 0.717) is 23.3 Å². The molecule has 0 heterocycles. The van der Waals surface area contributed by atoms with E-state index in [-0.39, 0.29) is 5.91 Å². The number of amides is 1. The van der Waals surface area contributed by atoms with Gasteiger partial charge in [-0.05, 0) is 49.8 Å². The molecule has 0 bridgehead atoms. The number of hydrogen-bond acceptors (Lipinski definition) is 2. The van der Waals surface area contributed by atoms with Crippen LogP contribution < -0.4 is 10.1 Å². The predicted molar refractivity (Wildman–Crippen MR) is 72.8 cm³/mol. The van der Waals surface area contributed by atoms with Gasteiger partial charge in [0.05, 0.1) is 12.2 Å². The first-order valence-corrected chi connectivity index (χ1v) is 7.25. The predicted octanol–water partition coefficient (Wildman–Crippen LogP) is 3.13. The summed E-state index contributed by atoms with van der Waals surface area (Å²) in [5.74, 6) is 1.36. The fourth-order valence-corrected chi connectivity index (χ4v) is 2.15. The minimum atomic E-state index is -0.0235. The van der Waals surface area contributed by atoms with Crippen LogP contribution in [0.4, 0.5) is 0 Å². The molecule has 3 rings (SSSR count). The highest BCUT2D eigenvalue weighted by Gasteiger charge is 2.26. The van der Waals surface area contributed by atoms with Gasteiger partial charge in [-0.25, -0.2) is 0 Å². The molecule has 0 radical (unpaired) electrons. The molecular weight excluding hydrogens is 294 g/mol. The molecule has 2 aliphatic carbocycles. The lowest BCUT2D eigenvalue weighted by atomic mass is 10.2. The van der Waals surface area contributed by atoms with Crippen LogP contribution in [0, 0.1) is 5.92 Å². The van der Waals surface area contributed by atoms with Crippen molar-refractivity contribution < 1.29 is 9.53 Å². The van der Waals surface area contributed by atoms with Crippen LogP contribution in [0.5, 0.6) is 5.75 Å². The maximum absolute atomic E-state index is 12.1. The molecule has 0 aliphatic heterocycles. The molecule has 3 nitrogen and oxygen atoms in total. The number of hydrogen-bond donors (Lipinski definition) is 1. The molecule has 0 saturated heterocycles. The van der Waals surface area contributed by atoms with Crippen molar-refractivity contribution in [2.45, 2.75) is 31.7 Å². The molecule has 2 saturated carbocycles. The Morgan fingerprint density at radius 3 is 2.78 bits per heavy atom. The number of nitrogens with one attached hydrogen (secondary N) is 1. The second-order valence-corrected chi connectivity index (χ2v) is 6.06. The molecule has 0 unspecified atom stereocenters. The largest absolute Gasteiger partial charge is 0.492 e. The van der Waals surface area contributed by atoms with Crippen LogP contribution >= 0.6 is 15.9 Å². The van der Waals surface area contributed by atoms with E-state index in [4.69, 9.17) is 4.74 Å². The summed E-state index contributed by atoms with van der Waals surface area (Å²) in [6, 6.07) is 5.98. The van der Waals surface area contributed by atoms with Crippen molar-refractivity contribution in [3.8, 4) is 5.75 Å². The fourth-order valence-electron chi connectivity index (χ4n) is 1.79. The van der Waals surface area contributed by atoms with Crippen molar-refractivity contribution in [2.75, 3.05) is 6.61 Å². The maximum Gasteiger partial charge on any atom is 0.255 e. The molecule has 0 aromatic heterocycles. The van der Waals surface area contributed by atoms with Crippen LogP contribution in [0.15, 0.2) is 22.7 Å². The molecule has 0 atom stereocenters. The van der Waals surface area contributed by atoms with E-state index in [1.165, 1.54) is 12.8 Å². The lowest BCUT2D eigenvalue weighted by Crippen LogP contribution is -2.26.